The summed E-state index contributed by atoms with van der Waals surface area (Å²) >= 11 is 0. The molecular weight excluding hydrogens is 174 g/mol. The highest BCUT2D eigenvalue weighted by Gasteiger charge is 1.98. The van der Waals surface area contributed by atoms with E-state index < -0.39 is 0 Å². The molecule has 0 atom stereocenters. The van der Waals surface area contributed by atoms with E-state index in [4.69, 9.17) is 5.53 Å². The minimum absolute atomic E-state index is 0. The molecule has 66 valence electrons. The second-order valence-corrected chi connectivity index (χ2v) is 2.00. The van der Waals surface area contributed by atoms with Gasteiger partial charge in [-0.2, -0.15) is 0 Å². The van der Waals surface area contributed by atoms with E-state index in [9.17, 15) is 0 Å². The van der Waals surface area contributed by atoms with Gasteiger partial charge in [-0.1, -0.05) is 0 Å². The van der Waals surface area contributed by atoms with Gasteiger partial charge in [0.05, 0.1) is 12.5 Å². The predicted molar refractivity (Wildman–Crippen MR) is 44.1 cm³/mol. The Bertz CT molecular complexity index is 457. The number of hydrogen-bond acceptors (Lipinski definition) is 4. The van der Waals surface area contributed by atoms with Crippen LogP contribution in [-0.4, -0.2) is 25.4 Å². The molecule has 0 aromatic carbocycles. The van der Waals surface area contributed by atoms with Crippen molar-refractivity contribution in [3.05, 3.63) is 23.0 Å². The van der Waals surface area contributed by atoms with Gasteiger partial charge in [0.2, 0.25) is 5.95 Å². The summed E-state index contributed by atoms with van der Waals surface area (Å²) in [4.78, 5) is 16.9. The lowest BCUT2D eigenvalue weighted by Crippen LogP contribution is -1.80. The summed E-state index contributed by atoms with van der Waals surface area (Å²) in [5, 5.41) is 3.24. The smallest absolute Gasteiger partial charge is 0.218 e. The van der Waals surface area contributed by atoms with Crippen LogP contribution in [0.2, 0.25) is 0 Å². The molecule has 0 fully saturated rings. The van der Waals surface area contributed by atoms with Crippen LogP contribution in [0, 0.1) is 0 Å². The molecule has 0 saturated heterocycles. The monoisotopic (exact) mass is 179 g/mol. The van der Waals surface area contributed by atoms with Crippen molar-refractivity contribution in [3.8, 4) is 0 Å². The molecule has 2 heterocycles. The summed E-state index contributed by atoms with van der Waals surface area (Å²) in [6.07, 6.45) is 3.01. The maximum Gasteiger partial charge on any atom is 0.218 e. The molecule has 0 amide bonds. The van der Waals surface area contributed by atoms with Crippen LogP contribution in [0.1, 0.15) is 0 Å². The molecule has 8 heteroatoms. The van der Waals surface area contributed by atoms with Crippen LogP contribution in [0.4, 0.5) is 5.95 Å². The van der Waals surface area contributed by atoms with Crippen molar-refractivity contribution in [2.45, 2.75) is 0 Å². The van der Waals surface area contributed by atoms with Crippen molar-refractivity contribution >= 4 is 17.1 Å². The molecule has 0 aliphatic carbocycles. The molecule has 0 bridgehead atoms. The third kappa shape index (κ3) is 1.53. The zero-order valence-electron chi connectivity index (χ0n) is 6.34. The van der Waals surface area contributed by atoms with E-state index in [1.807, 2.05) is 0 Å². The second-order valence-electron chi connectivity index (χ2n) is 2.00. The largest absolute Gasteiger partial charge is 0.412 e. The van der Waals surface area contributed by atoms with Crippen molar-refractivity contribution in [1.82, 2.24) is 19.9 Å². The molecule has 0 aliphatic heterocycles. The fourth-order valence-electron chi connectivity index (χ4n) is 0.815. The lowest BCUT2D eigenvalue weighted by atomic mass is 10.6. The van der Waals surface area contributed by atoms with E-state index in [0.29, 0.717) is 11.2 Å². The van der Waals surface area contributed by atoms with Gasteiger partial charge in [-0.05, 0) is 10.6 Å². The van der Waals surface area contributed by atoms with E-state index >= 15 is 0 Å². The molecule has 13 heavy (non-hydrogen) atoms. The van der Waals surface area contributed by atoms with Crippen molar-refractivity contribution in [1.29, 1.82) is 0 Å². The average molecular weight is 179 g/mol. The maximum absolute atomic E-state index is 8.09. The molecule has 0 spiro atoms. The number of fused-ring (bicyclic) bond motifs is 1. The second kappa shape index (κ2) is 3.48. The summed E-state index contributed by atoms with van der Waals surface area (Å²) in [6, 6.07) is 0. The first-order valence-corrected chi connectivity index (χ1v) is 3.11. The fourth-order valence-corrected chi connectivity index (χ4v) is 0.815. The highest BCUT2D eigenvalue weighted by atomic mass is 16.0. The Hall–Kier alpha value is -2.18. The first-order valence-electron chi connectivity index (χ1n) is 3.11. The Morgan fingerprint density at radius 2 is 2.31 bits per heavy atom. The van der Waals surface area contributed by atoms with Crippen LogP contribution in [0.25, 0.3) is 21.6 Å². The number of aromatic amines is 1. The number of azide groups is 1. The Labute approximate surface area is 71.6 Å². The Morgan fingerprint density at radius 3 is 3.08 bits per heavy atom. The van der Waals surface area contributed by atoms with Crippen molar-refractivity contribution in [2.75, 3.05) is 0 Å². The normalized spacial score (nSPS) is 8.92. The van der Waals surface area contributed by atoms with Gasteiger partial charge in [0.1, 0.15) is 5.52 Å². The minimum Gasteiger partial charge on any atom is -0.412 e. The topological polar surface area (TPSA) is 135 Å². The van der Waals surface area contributed by atoms with Crippen molar-refractivity contribution in [2.24, 2.45) is 5.11 Å². The molecular formula is C5H5N7O. The van der Waals surface area contributed by atoms with E-state index in [1.165, 1.54) is 12.5 Å². The molecule has 0 saturated carbocycles. The number of H-pyrrole nitrogens is 1. The number of imidazole rings is 1. The zero-order chi connectivity index (χ0) is 8.39. The lowest BCUT2D eigenvalue weighted by Gasteiger charge is -1.87. The van der Waals surface area contributed by atoms with Crippen LogP contribution in [0.15, 0.2) is 17.6 Å². The summed E-state index contributed by atoms with van der Waals surface area (Å²) in [7, 11) is 0. The summed E-state index contributed by atoms with van der Waals surface area (Å²) in [5.74, 6) is 0.0806. The van der Waals surface area contributed by atoms with Gasteiger partial charge in [-0.15, -0.1) is 0 Å². The van der Waals surface area contributed by atoms with Crippen molar-refractivity contribution in [3.63, 3.8) is 0 Å². The molecule has 0 aliphatic rings. The first-order chi connectivity index (χ1) is 5.90. The summed E-state index contributed by atoms with van der Waals surface area (Å²) in [6.45, 7) is 0. The highest BCUT2D eigenvalue weighted by Crippen LogP contribution is 2.08. The number of aromatic nitrogens is 4. The van der Waals surface area contributed by atoms with Crippen molar-refractivity contribution < 1.29 is 5.48 Å². The van der Waals surface area contributed by atoms with E-state index in [2.05, 4.69) is 30.0 Å². The molecule has 2 aromatic rings. The number of nitrogens with one attached hydrogen (secondary N) is 1. The van der Waals surface area contributed by atoms with E-state index in [1.54, 1.807) is 0 Å². The molecule has 2 aromatic heterocycles. The molecule has 0 unspecified atom stereocenters. The zero-order valence-corrected chi connectivity index (χ0v) is 6.34. The van der Waals surface area contributed by atoms with E-state index in [0.717, 1.165) is 0 Å². The number of rotatable bonds is 1. The molecule has 3 N–H and O–H groups in total. The standard InChI is InChI=1S/C5H3N7.H2O/c6-12-11-5-7-1-3-4(10-5)9-2-8-3;/h1-2H,(H,7,8,9,10);1H2. The van der Waals surface area contributed by atoms with Crippen LogP contribution in [0.3, 0.4) is 0 Å². The molecule has 0 radical (unpaired) electrons. The first kappa shape index (κ1) is 8.91. The number of hydrogen-bond donors (Lipinski definition) is 1. The van der Waals surface area contributed by atoms with Gasteiger partial charge in [0.15, 0.2) is 5.65 Å². The van der Waals surface area contributed by atoms with Crippen LogP contribution >= 0.6 is 0 Å². The lowest BCUT2D eigenvalue weighted by molar-refractivity contribution is 0.824. The predicted octanol–water partition coefficient (Wildman–Crippen LogP) is 0.470. The quantitative estimate of drug-likeness (QED) is 0.387. The SMILES string of the molecule is O.[N-]=[N+]=Nc1ncc2[nH]cnc2n1. The Morgan fingerprint density at radius 1 is 1.46 bits per heavy atom. The van der Waals surface area contributed by atoms with Crippen LogP contribution in [0.5, 0.6) is 0 Å². The Kier molecular flexibility index (Phi) is 2.38. The van der Waals surface area contributed by atoms with Gasteiger partial charge in [-0.25, -0.2) is 15.0 Å². The van der Waals surface area contributed by atoms with Gasteiger partial charge in [0.25, 0.3) is 0 Å². The highest BCUT2D eigenvalue weighted by molar-refractivity contribution is 5.69. The van der Waals surface area contributed by atoms with Gasteiger partial charge >= 0.3 is 0 Å². The third-order valence-corrected chi connectivity index (χ3v) is 1.30. The van der Waals surface area contributed by atoms with Gasteiger partial charge in [-0.3, -0.25) is 0 Å². The summed E-state index contributed by atoms with van der Waals surface area (Å²) < 4.78 is 0. The van der Waals surface area contributed by atoms with Gasteiger partial charge < -0.3 is 10.5 Å². The molecule has 8 nitrogen and oxygen atoms in total. The van der Waals surface area contributed by atoms with Gasteiger partial charge in [0, 0.05) is 4.91 Å². The number of nitrogens with zero attached hydrogens (tertiary/aromatic N) is 6. The summed E-state index contributed by atoms with van der Waals surface area (Å²) in [5.41, 5.74) is 9.30. The van der Waals surface area contributed by atoms with Crippen LogP contribution < -0.4 is 0 Å². The van der Waals surface area contributed by atoms with Crippen LogP contribution in [-0.2, 0) is 0 Å². The molecule has 2 rings (SSSR count). The minimum atomic E-state index is 0. The third-order valence-electron chi connectivity index (χ3n) is 1.30. The fraction of sp³-hybridized carbons (Fsp3) is 0. The maximum atomic E-state index is 8.09. The van der Waals surface area contributed by atoms with E-state index in [-0.39, 0.29) is 11.4 Å². The average Bonchev–Trinajstić information content (AvgIpc) is 2.51. The Balaban J connectivity index is 0.000000845.